The Bertz CT molecular complexity index is 428. The molecule has 2 rings (SSSR count). The van der Waals surface area contributed by atoms with Crippen molar-refractivity contribution in [1.29, 1.82) is 0 Å². The second kappa shape index (κ2) is 5.79. The SMILES string of the molecule is CC1CCC(C(=O)O)CN1S(=O)(=O)CC1CCCC1. The molecule has 0 spiro atoms. The lowest BCUT2D eigenvalue weighted by Crippen LogP contribution is -2.48. The summed E-state index contributed by atoms with van der Waals surface area (Å²) in [7, 11) is -3.31. The quantitative estimate of drug-likeness (QED) is 0.854. The van der Waals surface area contributed by atoms with Gasteiger partial charge in [-0.3, -0.25) is 4.79 Å². The van der Waals surface area contributed by atoms with Crippen molar-refractivity contribution < 1.29 is 18.3 Å². The maximum Gasteiger partial charge on any atom is 0.307 e. The van der Waals surface area contributed by atoms with Crippen molar-refractivity contribution in [3.63, 3.8) is 0 Å². The molecule has 1 saturated heterocycles. The fourth-order valence-corrected chi connectivity index (χ4v) is 5.42. The lowest BCUT2D eigenvalue weighted by Gasteiger charge is -2.36. The third-order valence-electron chi connectivity index (χ3n) is 4.45. The summed E-state index contributed by atoms with van der Waals surface area (Å²) in [5.41, 5.74) is 0. The van der Waals surface area contributed by atoms with E-state index in [0.29, 0.717) is 12.8 Å². The summed E-state index contributed by atoms with van der Waals surface area (Å²) in [6, 6.07) is -0.0676. The molecule has 0 aromatic carbocycles. The van der Waals surface area contributed by atoms with Gasteiger partial charge in [0.25, 0.3) is 0 Å². The topological polar surface area (TPSA) is 74.7 Å². The van der Waals surface area contributed by atoms with Crippen LogP contribution in [0.4, 0.5) is 0 Å². The molecule has 0 amide bonds. The zero-order valence-corrected chi connectivity index (χ0v) is 12.2. The molecule has 0 bridgehead atoms. The van der Waals surface area contributed by atoms with Crippen molar-refractivity contribution in [2.24, 2.45) is 11.8 Å². The van der Waals surface area contributed by atoms with Gasteiger partial charge in [-0.2, -0.15) is 4.31 Å². The predicted molar refractivity (Wildman–Crippen MR) is 72.3 cm³/mol. The number of sulfonamides is 1. The number of aliphatic carboxylic acids is 1. The van der Waals surface area contributed by atoms with Crippen molar-refractivity contribution in [2.45, 2.75) is 51.5 Å². The van der Waals surface area contributed by atoms with Gasteiger partial charge in [-0.05, 0) is 38.5 Å². The highest BCUT2D eigenvalue weighted by molar-refractivity contribution is 7.89. The molecular weight excluding hydrogens is 266 g/mol. The molecule has 19 heavy (non-hydrogen) atoms. The minimum Gasteiger partial charge on any atom is -0.481 e. The van der Waals surface area contributed by atoms with Crippen LogP contribution in [-0.2, 0) is 14.8 Å². The van der Waals surface area contributed by atoms with Gasteiger partial charge in [0, 0.05) is 12.6 Å². The Morgan fingerprint density at radius 2 is 1.84 bits per heavy atom. The number of piperidine rings is 1. The standard InChI is InChI=1S/C13H23NO4S/c1-10-6-7-12(13(15)16)8-14(10)19(17,18)9-11-4-2-3-5-11/h10-12H,2-9H2,1H3,(H,15,16). The van der Waals surface area contributed by atoms with Crippen LogP contribution in [-0.4, -0.2) is 42.1 Å². The number of carboxylic acids is 1. The molecule has 2 aliphatic rings. The van der Waals surface area contributed by atoms with Crippen molar-refractivity contribution in [1.82, 2.24) is 4.31 Å². The molecule has 110 valence electrons. The minimum absolute atomic E-state index is 0.0676. The van der Waals surface area contributed by atoms with Gasteiger partial charge in [-0.1, -0.05) is 12.8 Å². The second-order valence-corrected chi connectivity index (χ2v) is 7.93. The number of nitrogens with zero attached hydrogens (tertiary/aromatic N) is 1. The first kappa shape index (κ1) is 14.8. The van der Waals surface area contributed by atoms with E-state index in [-0.39, 0.29) is 24.3 Å². The van der Waals surface area contributed by atoms with E-state index in [1.165, 1.54) is 4.31 Å². The van der Waals surface area contributed by atoms with E-state index >= 15 is 0 Å². The predicted octanol–water partition coefficient (Wildman–Crippen LogP) is 1.69. The summed E-state index contributed by atoms with van der Waals surface area (Å²) in [5.74, 6) is -0.964. The van der Waals surface area contributed by atoms with Gasteiger partial charge in [0.2, 0.25) is 10.0 Å². The Labute approximate surface area is 115 Å². The molecule has 1 N–H and O–H groups in total. The van der Waals surface area contributed by atoms with Crippen LogP contribution in [0.25, 0.3) is 0 Å². The Morgan fingerprint density at radius 3 is 2.42 bits per heavy atom. The number of hydrogen-bond acceptors (Lipinski definition) is 3. The van der Waals surface area contributed by atoms with Gasteiger partial charge in [-0.15, -0.1) is 0 Å². The normalized spacial score (nSPS) is 30.6. The lowest BCUT2D eigenvalue weighted by atomic mass is 9.96. The van der Waals surface area contributed by atoms with Crippen LogP contribution < -0.4 is 0 Å². The molecule has 1 heterocycles. The van der Waals surface area contributed by atoms with Crippen LogP contribution in [0.3, 0.4) is 0 Å². The van der Waals surface area contributed by atoms with Crippen molar-refractivity contribution in [3.05, 3.63) is 0 Å². The number of carbonyl (C=O) groups is 1. The lowest BCUT2D eigenvalue weighted by molar-refractivity contribution is -0.143. The monoisotopic (exact) mass is 289 g/mol. The Balaban J connectivity index is 2.06. The van der Waals surface area contributed by atoms with Gasteiger partial charge in [0.15, 0.2) is 0 Å². The molecule has 0 radical (unpaired) electrons. The molecule has 2 fully saturated rings. The zero-order valence-electron chi connectivity index (χ0n) is 11.4. The van der Waals surface area contributed by atoms with Crippen LogP contribution in [0, 0.1) is 11.8 Å². The van der Waals surface area contributed by atoms with E-state index in [4.69, 9.17) is 5.11 Å². The van der Waals surface area contributed by atoms with Crippen LogP contribution >= 0.6 is 0 Å². The number of hydrogen-bond donors (Lipinski definition) is 1. The van der Waals surface area contributed by atoms with E-state index < -0.39 is 21.9 Å². The van der Waals surface area contributed by atoms with Crippen LogP contribution in [0.5, 0.6) is 0 Å². The smallest absolute Gasteiger partial charge is 0.307 e. The van der Waals surface area contributed by atoms with Gasteiger partial charge in [-0.25, -0.2) is 8.42 Å². The summed E-state index contributed by atoms with van der Waals surface area (Å²) < 4.78 is 26.3. The van der Waals surface area contributed by atoms with E-state index in [2.05, 4.69) is 0 Å². The Hall–Kier alpha value is -0.620. The molecule has 1 saturated carbocycles. The summed E-state index contributed by atoms with van der Waals surface area (Å²) in [5, 5.41) is 9.07. The summed E-state index contributed by atoms with van der Waals surface area (Å²) >= 11 is 0. The van der Waals surface area contributed by atoms with Crippen molar-refractivity contribution in [3.8, 4) is 0 Å². The van der Waals surface area contributed by atoms with Crippen LogP contribution in [0.2, 0.25) is 0 Å². The maximum absolute atomic E-state index is 12.5. The zero-order chi connectivity index (χ0) is 14.0. The Morgan fingerprint density at radius 1 is 1.21 bits per heavy atom. The first-order valence-corrected chi connectivity index (χ1v) is 8.73. The maximum atomic E-state index is 12.5. The minimum atomic E-state index is -3.31. The van der Waals surface area contributed by atoms with Gasteiger partial charge < -0.3 is 5.11 Å². The highest BCUT2D eigenvalue weighted by atomic mass is 32.2. The van der Waals surface area contributed by atoms with Crippen LogP contribution in [0.15, 0.2) is 0 Å². The third kappa shape index (κ3) is 3.48. The summed E-state index contributed by atoms with van der Waals surface area (Å²) in [6.07, 6.45) is 5.43. The van der Waals surface area contributed by atoms with E-state index in [1.807, 2.05) is 6.92 Å². The van der Waals surface area contributed by atoms with Gasteiger partial charge in [0.05, 0.1) is 11.7 Å². The molecule has 2 atom stereocenters. The Kier molecular flexibility index (Phi) is 4.50. The van der Waals surface area contributed by atoms with Gasteiger partial charge >= 0.3 is 5.97 Å². The molecule has 1 aliphatic heterocycles. The van der Waals surface area contributed by atoms with E-state index in [1.54, 1.807) is 0 Å². The molecule has 0 aromatic rings. The van der Waals surface area contributed by atoms with E-state index in [9.17, 15) is 13.2 Å². The van der Waals surface area contributed by atoms with E-state index in [0.717, 1.165) is 25.7 Å². The van der Waals surface area contributed by atoms with Crippen molar-refractivity contribution in [2.75, 3.05) is 12.3 Å². The number of rotatable bonds is 4. The second-order valence-electron chi connectivity index (χ2n) is 5.96. The average Bonchev–Trinajstić information content (AvgIpc) is 2.81. The molecule has 1 aliphatic carbocycles. The highest BCUT2D eigenvalue weighted by Crippen LogP contribution is 2.30. The molecule has 2 unspecified atom stereocenters. The third-order valence-corrected chi connectivity index (χ3v) is 6.57. The highest BCUT2D eigenvalue weighted by Gasteiger charge is 2.37. The van der Waals surface area contributed by atoms with Crippen LogP contribution in [0.1, 0.15) is 45.4 Å². The molecule has 0 aromatic heterocycles. The first-order valence-electron chi connectivity index (χ1n) is 7.12. The fraction of sp³-hybridized carbons (Fsp3) is 0.923. The summed E-state index contributed by atoms with van der Waals surface area (Å²) in [6.45, 7) is 2.02. The molecule has 6 heteroatoms. The van der Waals surface area contributed by atoms with Gasteiger partial charge in [0.1, 0.15) is 0 Å². The fourth-order valence-electron chi connectivity index (χ4n) is 3.23. The first-order chi connectivity index (χ1) is 8.90. The molecular formula is C13H23NO4S. The summed E-state index contributed by atoms with van der Waals surface area (Å²) in [4.78, 5) is 11.1. The average molecular weight is 289 g/mol. The van der Waals surface area contributed by atoms with Crippen molar-refractivity contribution >= 4 is 16.0 Å². The largest absolute Gasteiger partial charge is 0.481 e. The molecule has 5 nitrogen and oxygen atoms in total. The number of carboxylic acid groups (broad SMARTS) is 1.